The van der Waals surface area contributed by atoms with Gasteiger partial charge in [0.2, 0.25) is 0 Å². The smallest absolute Gasteiger partial charge is 0.141 e. The molecule has 570 valence electrons. The topological polar surface area (TPSA) is 55.4 Å². The molecule has 0 unspecified atom stereocenters. The van der Waals surface area contributed by atoms with Crippen molar-refractivity contribution in [3.8, 4) is 0 Å². The van der Waals surface area contributed by atoms with E-state index in [0.717, 1.165) is 5.65 Å². The number of aromatic nitrogens is 8. The Balaban J connectivity index is 0.000000103. The van der Waals surface area contributed by atoms with Crippen molar-refractivity contribution in [3.63, 3.8) is 0 Å². The van der Waals surface area contributed by atoms with E-state index in [1.165, 1.54) is 158 Å². The Kier molecular flexibility index (Phi) is 19.3. The fourth-order valence-electron chi connectivity index (χ4n) is 17.9. The van der Waals surface area contributed by atoms with Crippen LogP contribution in [0.4, 0.5) is 0 Å². The highest BCUT2D eigenvalue weighted by atomic mass is 15.1. The van der Waals surface area contributed by atoms with Crippen molar-refractivity contribution in [2.75, 3.05) is 0 Å². The van der Waals surface area contributed by atoms with Crippen LogP contribution in [-0.2, 0) is 33.2 Å². The molecule has 114 heavy (non-hydrogen) atoms. The van der Waals surface area contributed by atoms with E-state index >= 15 is 0 Å². The molecule has 0 fully saturated rings. The lowest BCUT2D eigenvalue weighted by molar-refractivity contribution is 0.421. The van der Waals surface area contributed by atoms with Crippen LogP contribution < -0.4 is 0 Å². The van der Waals surface area contributed by atoms with Crippen molar-refractivity contribution in [1.29, 1.82) is 0 Å². The second kappa shape index (κ2) is 29.0. The van der Waals surface area contributed by atoms with Crippen LogP contribution in [0, 0.1) is 0 Å². The first-order valence-corrected chi connectivity index (χ1v) is 40.4. The van der Waals surface area contributed by atoms with E-state index in [2.05, 4.69) is 453 Å². The summed E-state index contributed by atoms with van der Waals surface area (Å²) >= 11 is 0. The van der Waals surface area contributed by atoms with Gasteiger partial charge >= 0.3 is 0 Å². The quantitative estimate of drug-likeness (QED) is 0.152. The van der Waals surface area contributed by atoms with Gasteiger partial charge in [-0.15, -0.1) is 0 Å². The van der Waals surface area contributed by atoms with E-state index in [4.69, 9.17) is 0 Å². The zero-order valence-corrected chi connectivity index (χ0v) is 69.6. The molecule has 0 radical (unpaired) electrons. The van der Waals surface area contributed by atoms with Crippen molar-refractivity contribution in [2.24, 2.45) is 0 Å². The first-order chi connectivity index (χ1) is 54.5. The second-order valence-electron chi connectivity index (χ2n) is 36.5. The van der Waals surface area contributed by atoms with Gasteiger partial charge in [0, 0.05) is 155 Å². The summed E-state index contributed by atoms with van der Waals surface area (Å²) in [6, 6.07) is 106. The molecule has 13 aromatic carbocycles. The molecule has 0 aliphatic heterocycles. The monoisotopic (exact) mass is 1490 g/mol. The lowest BCUT2D eigenvalue weighted by atomic mass is 10.0. The lowest BCUT2D eigenvalue weighted by Crippen LogP contribution is -2.21. The van der Waals surface area contributed by atoms with Gasteiger partial charge in [-0.1, -0.05) is 218 Å². The van der Waals surface area contributed by atoms with Crippen LogP contribution in [0.2, 0.25) is 0 Å². The van der Waals surface area contributed by atoms with Crippen LogP contribution in [-0.4, -0.2) is 37.4 Å². The molecule has 0 amide bonds. The van der Waals surface area contributed by atoms with Crippen LogP contribution in [0.15, 0.2) is 316 Å². The molecule has 21 rings (SSSR count). The van der Waals surface area contributed by atoms with Crippen molar-refractivity contribution < 1.29 is 0 Å². The lowest BCUT2D eigenvalue weighted by Gasteiger charge is -2.24. The summed E-state index contributed by atoms with van der Waals surface area (Å²) in [5.41, 5.74) is 15.8. The Labute approximate surface area is 670 Å². The largest absolute Gasteiger partial charge is 0.335 e. The maximum Gasteiger partial charge on any atom is 0.141 e. The van der Waals surface area contributed by atoms with E-state index in [1.807, 2.05) is 24.7 Å². The normalized spacial score (nSPS) is 12.5. The molecule has 0 saturated heterocycles. The van der Waals surface area contributed by atoms with Gasteiger partial charge in [0.05, 0.1) is 27.6 Å². The molecule has 0 saturated carbocycles. The minimum atomic E-state index is 0.0374. The Morgan fingerprint density at radius 1 is 0.193 bits per heavy atom. The molecule has 0 spiro atoms. The van der Waals surface area contributed by atoms with Gasteiger partial charge in [-0.3, -0.25) is 4.98 Å². The van der Waals surface area contributed by atoms with E-state index in [-0.39, 0.29) is 33.2 Å². The van der Waals surface area contributed by atoms with E-state index < -0.39 is 0 Å². The highest BCUT2D eigenvalue weighted by Crippen LogP contribution is 2.43. The van der Waals surface area contributed by atoms with Crippen molar-refractivity contribution in [1.82, 2.24) is 37.4 Å². The molecule has 21 aromatic rings. The van der Waals surface area contributed by atoms with Gasteiger partial charge in [-0.2, -0.15) is 0 Å². The zero-order chi connectivity index (χ0) is 80.0. The molecule has 8 heterocycles. The molecule has 8 nitrogen and oxygen atoms in total. The van der Waals surface area contributed by atoms with Crippen molar-refractivity contribution >= 4 is 163 Å². The third-order valence-corrected chi connectivity index (χ3v) is 22.2. The van der Waals surface area contributed by atoms with Crippen LogP contribution in [0.5, 0.6) is 0 Å². The van der Waals surface area contributed by atoms with Crippen LogP contribution >= 0.6 is 0 Å². The average molecular weight is 1490 g/mol. The summed E-state index contributed by atoms with van der Waals surface area (Å²) in [5.74, 6) is 0. The highest BCUT2D eigenvalue weighted by molar-refractivity contribution is 6.22. The molecule has 0 N–H and O–H groups in total. The molecule has 8 heteroatoms. The summed E-state index contributed by atoms with van der Waals surface area (Å²) in [5, 5.41) is 23.7. The minimum absolute atomic E-state index is 0.0374. The summed E-state index contributed by atoms with van der Waals surface area (Å²) < 4.78 is 14.5. The molecular weight excluding hydrogens is 1390 g/mol. The molecular formula is C106H106N8. The molecule has 0 aliphatic rings. The number of pyridine rings is 2. The maximum absolute atomic E-state index is 4.55. The number of hydrogen-bond donors (Lipinski definition) is 0. The number of para-hydroxylation sites is 7. The number of hydrogen-bond acceptors (Lipinski definition) is 2. The summed E-state index contributed by atoms with van der Waals surface area (Å²) in [7, 11) is 0. The van der Waals surface area contributed by atoms with E-state index in [9.17, 15) is 0 Å². The standard InChI is InChI=1S/3C20H19N.C16H17N.2C15H16N2/c1-20(2,3)21-18-11-7-6-10-16(18)17-12-14-8-4-5-9-15(14)13-19(17)21;1-20(2,3)21-18-11-7-6-10-16(18)17-13-12-14-8-4-5-9-15(14)19(17)21;1-20(2,3)21-17-11-7-6-10-16(17)19-15-9-5-4-8-14(15)12-13-18(19)21;1-16(2,3)17-14-10-6-4-8-12(14)13-9-5-7-11-15(13)17;1-15(2,3)17-13-9-5-4-7-11(13)12-8-6-10-16-14(12)17;1-15(2,3)17-13-7-5-4-6-11(13)12-10-16-9-8-14(12)17/h3*4-13H,1-3H3;4-11H,1-3H3;2*4-10H,1-3H3. The van der Waals surface area contributed by atoms with Crippen molar-refractivity contribution in [2.45, 2.75) is 158 Å². The minimum Gasteiger partial charge on any atom is -0.335 e. The van der Waals surface area contributed by atoms with E-state index in [0.29, 0.717) is 0 Å². The maximum atomic E-state index is 4.55. The SMILES string of the molecule is CC(C)(C)n1c2ccccc2c2c3ccccc3ccc21.CC(C)(C)n1c2ccccc2c2cc3ccccc3cc21.CC(C)(C)n1c2ccccc2c2ccc3ccccc3c21.CC(C)(C)n1c2ccccc2c2ccccc21.CC(C)(C)n1c2ccccc2c2cccnc21.CC(C)(C)n1c2ccccc2c2cnccc21. The Bertz CT molecular complexity index is 6680. The third kappa shape index (κ3) is 13.8. The average Bonchev–Trinajstić information content (AvgIpc) is 1.53. The Hall–Kier alpha value is -12.3. The van der Waals surface area contributed by atoms with Gasteiger partial charge in [0.15, 0.2) is 0 Å². The number of fused-ring (bicyclic) bond motifs is 23. The van der Waals surface area contributed by atoms with Gasteiger partial charge in [-0.25, -0.2) is 4.98 Å². The fraction of sp³-hybridized carbons (Fsp3) is 0.226. The number of benzene rings is 13. The highest BCUT2D eigenvalue weighted by Gasteiger charge is 2.27. The number of rotatable bonds is 0. The summed E-state index contributed by atoms with van der Waals surface area (Å²) in [4.78, 5) is 8.79. The van der Waals surface area contributed by atoms with Gasteiger partial charge in [0.25, 0.3) is 0 Å². The zero-order valence-electron chi connectivity index (χ0n) is 69.6. The van der Waals surface area contributed by atoms with Crippen LogP contribution in [0.1, 0.15) is 125 Å². The molecule has 0 aliphatic carbocycles. The van der Waals surface area contributed by atoms with Crippen LogP contribution in [0.3, 0.4) is 0 Å². The summed E-state index contributed by atoms with van der Waals surface area (Å²) in [6.45, 7) is 40.6. The summed E-state index contributed by atoms with van der Waals surface area (Å²) in [6.07, 6.45) is 5.69. The predicted octanol–water partition coefficient (Wildman–Crippen LogP) is 29.5. The van der Waals surface area contributed by atoms with E-state index in [1.54, 1.807) is 0 Å². The molecule has 8 aromatic heterocycles. The van der Waals surface area contributed by atoms with Gasteiger partial charge < -0.3 is 27.4 Å². The predicted molar refractivity (Wildman–Crippen MR) is 495 cm³/mol. The number of nitrogens with zero attached hydrogens (tertiary/aromatic N) is 8. The van der Waals surface area contributed by atoms with Gasteiger partial charge in [0.1, 0.15) is 5.65 Å². The Morgan fingerprint density at radius 3 is 0.991 bits per heavy atom. The first-order valence-electron chi connectivity index (χ1n) is 40.4. The van der Waals surface area contributed by atoms with Crippen molar-refractivity contribution in [3.05, 3.63) is 316 Å². The Morgan fingerprint density at radius 2 is 0.509 bits per heavy atom. The molecule has 0 bridgehead atoms. The third-order valence-electron chi connectivity index (χ3n) is 22.2. The fourth-order valence-corrected chi connectivity index (χ4v) is 17.9. The second-order valence-corrected chi connectivity index (χ2v) is 36.5. The van der Waals surface area contributed by atoms with Gasteiger partial charge in [-0.05, 0) is 230 Å². The molecule has 0 atom stereocenters. The first kappa shape index (κ1) is 75.8. The van der Waals surface area contributed by atoms with Crippen LogP contribution in [0.25, 0.3) is 163 Å².